The second-order valence-corrected chi connectivity index (χ2v) is 10.5. The number of rotatable bonds is 12. The standard InChI is InChI=1S/C20H40O4Si/c1-7-17(16-13-14-18-19(15-16)24-18)20(8-2,9-3)25(21-10-4,22-11-5)23-12-6/h16-19H,7-15H2,1-6H3. The van der Waals surface area contributed by atoms with E-state index in [2.05, 4.69) is 41.5 Å². The molecule has 0 aromatic carbocycles. The van der Waals surface area contributed by atoms with Crippen LogP contribution in [0.4, 0.5) is 0 Å². The smallest absolute Gasteiger partial charge is 0.373 e. The van der Waals surface area contributed by atoms with Crippen molar-refractivity contribution >= 4 is 8.80 Å². The molecule has 2 aliphatic rings. The van der Waals surface area contributed by atoms with Gasteiger partial charge in [-0.25, -0.2) is 0 Å². The molecule has 1 aliphatic heterocycles. The van der Waals surface area contributed by atoms with Gasteiger partial charge in [0.05, 0.1) is 12.2 Å². The molecule has 148 valence electrons. The van der Waals surface area contributed by atoms with E-state index in [0.29, 0.717) is 43.9 Å². The number of hydrogen-bond acceptors (Lipinski definition) is 4. The van der Waals surface area contributed by atoms with Crippen molar-refractivity contribution in [2.45, 2.75) is 97.3 Å². The molecule has 4 atom stereocenters. The molecular weight excluding hydrogens is 332 g/mol. The lowest BCUT2D eigenvalue weighted by atomic mass is 9.70. The topological polar surface area (TPSA) is 40.2 Å². The van der Waals surface area contributed by atoms with Crippen LogP contribution in [0.25, 0.3) is 0 Å². The first-order valence-electron chi connectivity index (χ1n) is 10.6. The van der Waals surface area contributed by atoms with Gasteiger partial charge in [0.25, 0.3) is 0 Å². The van der Waals surface area contributed by atoms with Gasteiger partial charge in [0.2, 0.25) is 0 Å². The Balaban J connectivity index is 2.39. The minimum absolute atomic E-state index is 0.00380. The number of epoxide rings is 1. The van der Waals surface area contributed by atoms with E-state index in [9.17, 15) is 0 Å². The third-order valence-corrected chi connectivity index (χ3v) is 10.9. The van der Waals surface area contributed by atoms with Crippen molar-refractivity contribution in [2.75, 3.05) is 19.8 Å². The SMILES string of the molecule is CCO[Si](OCC)(OCC)C(CC)(CC)C(CC)C1CCC2OC2C1. The van der Waals surface area contributed by atoms with Gasteiger partial charge in [-0.3, -0.25) is 0 Å². The van der Waals surface area contributed by atoms with Gasteiger partial charge >= 0.3 is 8.80 Å². The highest BCUT2D eigenvalue weighted by Crippen LogP contribution is 2.59. The van der Waals surface area contributed by atoms with E-state index in [-0.39, 0.29) is 5.04 Å². The molecule has 1 saturated heterocycles. The van der Waals surface area contributed by atoms with E-state index in [1.807, 2.05) is 0 Å². The van der Waals surface area contributed by atoms with E-state index in [1.54, 1.807) is 0 Å². The molecule has 1 aliphatic carbocycles. The zero-order valence-corrected chi connectivity index (χ0v) is 18.3. The van der Waals surface area contributed by atoms with Crippen molar-refractivity contribution in [1.82, 2.24) is 0 Å². The molecule has 5 heteroatoms. The van der Waals surface area contributed by atoms with Gasteiger partial charge in [-0.1, -0.05) is 27.2 Å². The van der Waals surface area contributed by atoms with Crippen LogP contribution in [-0.4, -0.2) is 40.8 Å². The molecule has 0 aromatic heterocycles. The van der Waals surface area contributed by atoms with Crippen LogP contribution in [0, 0.1) is 11.8 Å². The van der Waals surface area contributed by atoms with Crippen molar-refractivity contribution in [2.24, 2.45) is 11.8 Å². The van der Waals surface area contributed by atoms with Crippen LogP contribution in [0.5, 0.6) is 0 Å². The first-order chi connectivity index (χ1) is 12.1. The van der Waals surface area contributed by atoms with Crippen LogP contribution in [-0.2, 0) is 18.0 Å². The molecule has 25 heavy (non-hydrogen) atoms. The van der Waals surface area contributed by atoms with Crippen molar-refractivity contribution in [3.8, 4) is 0 Å². The number of fused-ring (bicyclic) bond motifs is 1. The summed E-state index contributed by atoms with van der Waals surface area (Å²) in [6, 6.07) is 0. The molecule has 2 fully saturated rings. The van der Waals surface area contributed by atoms with Crippen molar-refractivity contribution in [3.63, 3.8) is 0 Å². The Kier molecular flexibility index (Phi) is 7.96. The predicted octanol–water partition coefficient (Wildman–Crippen LogP) is 5.19. The quantitative estimate of drug-likeness (QED) is 0.349. The zero-order chi connectivity index (χ0) is 18.5. The van der Waals surface area contributed by atoms with E-state index in [4.69, 9.17) is 18.0 Å². The lowest BCUT2D eigenvalue weighted by molar-refractivity contribution is 0.0128. The molecule has 4 nitrogen and oxygen atoms in total. The molecule has 0 radical (unpaired) electrons. The Morgan fingerprint density at radius 2 is 1.44 bits per heavy atom. The van der Waals surface area contributed by atoms with Gasteiger partial charge in [0.15, 0.2) is 0 Å². The highest BCUT2D eigenvalue weighted by Gasteiger charge is 2.64. The fraction of sp³-hybridized carbons (Fsp3) is 1.00. The summed E-state index contributed by atoms with van der Waals surface area (Å²) in [6.45, 7) is 15.1. The maximum atomic E-state index is 6.43. The van der Waals surface area contributed by atoms with Crippen molar-refractivity contribution < 1.29 is 18.0 Å². The Bertz CT molecular complexity index is 382. The molecule has 0 amide bonds. The highest BCUT2D eigenvalue weighted by atomic mass is 28.4. The number of hydrogen-bond donors (Lipinski definition) is 0. The van der Waals surface area contributed by atoms with Crippen LogP contribution < -0.4 is 0 Å². The monoisotopic (exact) mass is 372 g/mol. The van der Waals surface area contributed by atoms with Gasteiger partial charge in [-0.05, 0) is 64.7 Å². The van der Waals surface area contributed by atoms with Crippen LogP contribution in [0.15, 0.2) is 0 Å². The summed E-state index contributed by atoms with van der Waals surface area (Å²) in [5, 5.41) is -0.00380. The predicted molar refractivity (Wildman–Crippen MR) is 104 cm³/mol. The van der Waals surface area contributed by atoms with Gasteiger partial charge in [-0.15, -0.1) is 0 Å². The average Bonchev–Trinajstić information content (AvgIpc) is 3.39. The lowest BCUT2D eigenvalue weighted by Gasteiger charge is -2.51. The Labute approximate surface area is 156 Å². The van der Waals surface area contributed by atoms with E-state index >= 15 is 0 Å². The Hall–Kier alpha value is 0.0569. The molecule has 1 heterocycles. The number of ether oxygens (including phenoxy) is 1. The summed E-state index contributed by atoms with van der Waals surface area (Å²) in [6.07, 6.45) is 8.05. The largest absolute Gasteiger partial charge is 0.507 e. The molecule has 4 unspecified atom stereocenters. The van der Waals surface area contributed by atoms with Crippen LogP contribution in [0.1, 0.15) is 80.1 Å². The Morgan fingerprint density at radius 1 is 0.880 bits per heavy atom. The summed E-state index contributed by atoms with van der Waals surface area (Å²) < 4.78 is 25.1. The summed E-state index contributed by atoms with van der Waals surface area (Å²) in [7, 11) is -2.79. The fourth-order valence-corrected chi connectivity index (χ4v) is 9.55. The highest BCUT2D eigenvalue weighted by molar-refractivity contribution is 6.64. The molecule has 0 N–H and O–H groups in total. The van der Waals surface area contributed by atoms with E-state index in [0.717, 1.165) is 19.3 Å². The molecule has 0 spiro atoms. The first kappa shape index (κ1) is 21.4. The summed E-state index contributed by atoms with van der Waals surface area (Å²) in [5.41, 5.74) is 0. The van der Waals surface area contributed by atoms with Crippen molar-refractivity contribution in [3.05, 3.63) is 0 Å². The first-order valence-corrected chi connectivity index (χ1v) is 12.4. The van der Waals surface area contributed by atoms with Crippen LogP contribution in [0.2, 0.25) is 5.04 Å². The minimum atomic E-state index is -2.79. The third-order valence-electron chi connectivity index (χ3n) is 6.64. The van der Waals surface area contributed by atoms with Gasteiger partial charge in [-0.2, -0.15) is 0 Å². The second kappa shape index (κ2) is 9.31. The summed E-state index contributed by atoms with van der Waals surface area (Å²) in [4.78, 5) is 0. The average molecular weight is 373 g/mol. The maximum absolute atomic E-state index is 6.43. The summed E-state index contributed by atoms with van der Waals surface area (Å²) in [5.74, 6) is 1.27. The second-order valence-electron chi connectivity index (χ2n) is 7.52. The van der Waals surface area contributed by atoms with Gasteiger partial charge in [0.1, 0.15) is 0 Å². The lowest BCUT2D eigenvalue weighted by Crippen LogP contribution is -2.60. The van der Waals surface area contributed by atoms with E-state index < -0.39 is 8.80 Å². The minimum Gasteiger partial charge on any atom is -0.373 e. The van der Waals surface area contributed by atoms with Crippen LogP contribution in [0.3, 0.4) is 0 Å². The zero-order valence-electron chi connectivity index (χ0n) is 17.3. The van der Waals surface area contributed by atoms with Crippen molar-refractivity contribution in [1.29, 1.82) is 0 Å². The van der Waals surface area contributed by atoms with E-state index in [1.165, 1.54) is 19.3 Å². The van der Waals surface area contributed by atoms with Gasteiger partial charge < -0.3 is 18.0 Å². The molecular formula is C20H40O4Si. The molecule has 0 aromatic rings. The maximum Gasteiger partial charge on any atom is 0.507 e. The molecule has 2 rings (SSSR count). The third kappa shape index (κ3) is 4.01. The van der Waals surface area contributed by atoms with Crippen LogP contribution >= 0.6 is 0 Å². The fourth-order valence-electron chi connectivity index (χ4n) is 5.54. The Morgan fingerprint density at radius 3 is 1.84 bits per heavy atom. The molecule has 1 saturated carbocycles. The van der Waals surface area contributed by atoms with Gasteiger partial charge in [0, 0.05) is 24.9 Å². The molecule has 0 bridgehead atoms. The summed E-state index contributed by atoms with van der Waals surface area (Å²) >= 11 is 0. The normalized spacial score (nSPS) is 27.8.